The van der Waals surface area contributed by atoms with Gasteiger partial charge < -0.3 is 44.1 Å². The topological polar surface area (TPSA) is 212 Å². The predicted molar refractivity (Wildman–Crippen MR) is 118 cm³/mol. The van der Waals surface area contributed by atoms with Gasteiger partial charge in [-0.2, -0.15) is 0 Å². The first kappa shape index (κ1) is 33.2. The number of carbonyl (C=O) groups is 5. The molecule has 4 N–H and O–H groups in total. The van der Waals surface area contributed by atoms with Crippen molar-refractivity contribution in [2.75, 3.05) is 13.2 Å². The monoisotopic (exact) mass is 524 g/mol. The smallest absolute Gasteiger partial charge is 0.308 e. The number of ether oxygens (including phenoxy) is 5. The minimum atomic E-state index is -1.67. The molecule has 6 atom stereocenters. The van der Waals surface area contributed by atoms with E-state index in [1.54, 1.807) is 0 Å². The molecule has 0 heterocycles. The summed E-state index contributed by atoms with van der Waals surface area (Å²) in [6.07, 6.45) is -10.9. The molecule has 208 valence electrons. The second-order valence-corrected chi connectivity index (χ2v) is 8.33. The molecule has 0 spiro atoms. The molecule has 36 heavy (non-hydrogen) atoms. The van der Waals surface area contributed by atoms with Crippen molar-refractivity contribution in [1.82, 2.24) is 0 Å². The highest BCUT2D eigenvalue weighted by Gasteiger charge is 2.39. The molecule has 0 aromatic heterocycles. The molecular weight excluding hydrogens is 488 g/mol. The minimum Gasteiger partial charge on any atom is -0.461 e. The Labute approximate surface area is 208 Å². The van der Waals surface area contributed by atoms with Gasteiger partial charge in [0.25, 0.3) is 6.47 Å². The van der Waals surface area contributed by atoms with Crippen molar-refractivity contribution in [2.24, 2.45) is 0 Å². The molecule has 0 bridgehead atoms. The highest BCUT2D eigenvalue weighted by Crippen LogP contribution is 2.17. The lowest BCUT2D eigenvalue weighted by atomic mass is 10.1. The quantitative estimate of drug-likeness (QED) is 0.0915. The van der Waals surface area contributed by atoms with Gasteiger partial charge >= 0.3 is 23.9 Å². The lowest BCUT2D eigenvalue weighted by Crippen LogP contribution is -2.49. The van der Waals surface area contributed by atoms with Crippen molar-refractivity contribution in [1.29, 1.82) is 0 Å². The lowest BCUT2D eigenvalue weighted by Gasteiger charge is -2.31. The van der Waals surface area contributed by atoms with Crippen LogP contribution in [0.1, 0.15) is 53.4 Å². The number of carbonyl (C=O) groups excluding carboxylic acids is 5. The zero-order valence-corrected chi connectivity index (χ0v) is 20.7. The largest absolute Gasteiger partial charge is 0.461 e. The van der Waals surface area contributed by atoms with Gasteiger partial charge in [0.05, 0.1) is 50.1 Å². The first-order valence-electron chi connectivity index (χ1n) is 11.3. The Morgan fingerprint density at radius 1 is 0.611 bits per heavy atom. The third-order valence-corrected chi connectivity index (χ3v) is 4.18. The first-order valence-corrected chi connectivity index (χ1v) is 11.3. The molecule has 0 aliphatic carbocycles. The molecule has 14 heteroatoms. The van der Waals surface area contributed by atoms with E-state index in [0.717, 1.165) is 0 Å². The van der Waals surface area contributed by atoms with Crippen molar-refractivity contribution < 1.29 is 68.1 Å². The number of rotatable bonds is 18. The average Bonchev–Trinajstić information content (AvgIpc) is 2.70. The number of hydrogen-bond acceptors (Lipinski definition) is 14. The third kappa shape index (κ3) is 16.0. The standard InChI is InChI=1S/C22H36O14/c1-12(24)5-18(28)32-9-16(35-20(30)7-14(3)26)22(34-11-23)17(36-21(31)8-15(4)27)10-33-19(29)6-13(2)25/h11-17,22,24-27H,5-10H2,1-4H3. The molecular formula is C22H36O14. The summed E-state index contributed by atoms with van der Waals surface area (Å²) in [7, 11) is 0. The maximum atomic E-state index is 12.2. The van der Waals surface area contributed by atoms with Gasteiger partial charge in [0.15, 0.2) is 18.3 Å². The molecule has 0 amide bonds. The van der Waals surface area contributed by atoms with Crippen LogP contribution < -0.4 is 0 Å². The Bertz CT molecular complexity index is 649. The molecule has 0 saturated heterocycles. The summed E-state index contributed by atoms with van der Waals surface area (Å²) in [4.78, 5) is 59.5. The van der Waals surface area contributed by atoms with Crippen molar-refractivity contribution in [2.45, 2.75) is 96.1 Å². The lowest BCUT2D eigenvalue weighted by molar-refractivity contribution is -0.193. The highest BCUT2D eigenvalue weighted by molar-refractivity contribution is 5.72. The second kappa shape index (κ2) is 17.6. The fourth-order valence-electron chi connectivity index (χ4n) is 2.74. The average molecular weight is 525 g/mol. The Kier molecular flexibility index (Phi) is 16.2. The van der Waals surface area contributed by atoms with Gasteiger partial charge in [-0.1, -0.05) is 0 Å². The van der Waals surface area contributed by atoms with Crippen molar-refractivity contribution in [3.8, 4) is 0 Å². The molecule has 0 aromatic carbocycles. The molecule has 0 fully saturated rings. The van der Waals surface area contributed by atoms with Crippen LogP contribution in [-0.2, 0) is 47.7 Å². The molecule has 0 radical (unpaired) electrons. The molecule has 0 rings (SSSR count). The fraction of sp³-hybridized carbons (Fsp3) is 0.773. The van der Waals surface area contributed by atoms with Crippen LogP contribution in [0.2, 0.25) is 0 Å². The van der Waals surface area contributed by atoms with E-state index in [2.05, 4.69) is 0 Å². The maximum Gasteiger partial charge on any atom is 0.308 e. The van der Waals surface area contributed by atoms with Crippen molar-refractivity contribution in [3.05, 3.63) is 0 Å². The van der Waals surface area contributed by atoms with Gasteiger partial charge in [0, 0.05) is 0 Å². The van der Waals surface area contributed by atoms with Crippen LogP contribution in [0, 0.1) is 0 Å². The highest BCUT2D eigenvalue weighted by atomic mass is 16.6. The van der Waals surface area contributed by atoms with E-state index in [1.165, 1.54) is 27.7 Å². The zero-order valence-electron chi connectivity index (χ0n) is 20.7. The summed E-state index contributed by atoms with van der Waals surface area (Å²) in [6.45, 7) is 3.77. The van der Waals surface area contributed by atoms with E-state index < -0.39 is 106 Å². The van der Waals surface area contributed by atoms with Crippen LogP contribution >= 0.6 is 0 Å². The van der Waals surface area contributed by atoms with E-state index in [4.69, 9.17) is 23.7 Å². The van der Waals surface area contributed by atoms with Crippen molar-refractivity contribution in [3.63, 3.8) is 0 Å². The minimum absolute atomic E-state index is 0.0646. The van der Waals surface area contributed by atoms with Crippen LogP contribution in [0.25, 0.3) is 0 Å². The zero-order chi connectivity index (χ0) is 27.8. The molecule has 14 nitrogen and oxygen atoms in total. The van der Waals surface area contributed by atoms with Gasteiger partial charge in [-0.3, -0.25) is 24.0 Å². The Balaban J connectivity index is 5.95. The Hall–Kier alpha value is -2.81. The normalized spacial score (nSPS) is 16.8. The predicted octanol–water partition coefficient (Wildman–Crippen LogP) is -1.48. The number of esters is 4. The second-order valence-electron chi connectivity index (χ2n) is 8.33. The summed E-state index contributed by atoms with van der Waals surface area (Å²) in [6, 6.07) is 0. The van der Waals surface area contributed by atoms with E-state index in [9.17, 15) is 44.4 Å². The molecule has 0 aliphatic rings. The fourth-order valence-corrected chi connectivity index (χ4v) is 2.74. The van der Waals surface area contributed by atoms with E-state index in [-0.39, 0.29) is 6.47 Å². The number of aliphatic hydroxyl groups excluding tert-OH is 4. The molecule has 0 aliphatic heterocycles. The van der Waals surface area contributed by atoms with Crippen molar-refractivity contribution >= 4 is 30.3 Å². The van der Waals surface area contributed by atoms with Gasteiger partial charge in [0.2, 0.25) is 0 Å². The Morgan fingerprint density at radius 2 is 0.917 bits per heavy atom. The van der Waals surface area contributed by atoms with Gasteiger partial charge in [0.1, 0.15) is 13.2 Å². The summed E-state index contributed by atoms with van der Waals surface area (Å²) < 4.78 is 25.3. The number of aliphatic hydroxyl groups is 4. The molecule has 6 unspecified atom stereocenters. The molecule has 0 aromatic rings. The third-order valence-electron chi connectivity index (χ3n) is 4.18. The van der Waals surface area contributed by atoms with Gasteiger partial charge in [-0.15, -0.1) is 0 Å². The Morgan fingerprint density at radius 3 is 1.19 bits per heavy atom. The summed E-state index contributed by atoms with van der Waals surface area (Å²) in [5.74, 6) is -3.75. The van der Waals surface area contributed by atoms with Crippen LogP contribution in [0.15, 0.2) is 0 Å². The van der Waals surface area contributed by atoms with Gasteiger partial charge in [-0.05, 0) is 27.7 Å². The first-order chi connectivity index (χ1) is 16.7. The molecule has 0 saturated carbocycles. The van der Waals surface area contributed by atoms with Crippen LogP contribution in [-0.4, -0.2) is 107 Å². The van der Waals surface area contributed by atoms with Gasteiger partial charge in [-0.25, -0.2) is 0 Å². The van der Waals surface area contributed by atoms with Crippen LogP contribution in [0.4, 0.5) is 0 Å². The number of hydrogen-bond donors (Lipinski definition) is 4. The summed E-state index contributed by atoms with van der Waals surface area (Å²) in [5, 5.41) is 37.6. The summed E-state index contributed by atoms with van der Waals surface area (Å²) in [5.41, 5.74) is 0. The van der Waals surface area contributed by atoms with Crippen LogP contribution in [0.5, 0.6) is 0 Å². The summed E-state index contributed by atoms with van der Waals surface area (Å²) >= 11 is 0. The van der Waals surface area contributed by atoms with E-state index in [0.29, 0.717) is 0 Å². The maximum absolute atomic E-state index is 12.2. The van der Waals surface area contributed by atoms with E-state index in [1.807, 2.05) is 0 Å². The van der Waals surface area contributed by atoms with E-state index >= 15 is 0 Å². The van der Waals surface area contributed by atoms with Crippen LogP contribution in [0.3, 0.4) is 0 Å². The SMILES string of the molecule is CC(O)CC(=O)OCC(OC(=O)CC(C)O)C(OC=O)C(COC(=O)CC(C)O)OC(=O)CC(C)O.